The first-order valence-electron chi connectivity index (χ1n) is 10.5. The summed E-state index contributed by atoms with van der Waals surface area (Å²) in [7, 11) is 0. The fraction of sp³-hybridized carbons (Fsp3) is 0.208. The molecule has 0 fully saturated rings. The Hall–Kier alpha value is -4.07. The van der Waals surface area contributed by atoms with Crippen LogP contribution >= 0.6 is 0 Å². The van der Waals surface area contributed by atoms with Crippen LogP contribution < -0.4 is 10.1 Å². The Morgan fingerprint density at radius 3 is 2.66 bits per heavy atom. The molecule has 2 aromatic carbocycles. The van der Waals surface area contributed by atoms with Crippen LogP contribution in [0.15, 0.2) is 60.8 Å². The topological polar surface area (TPSA) is 94.8 Å². The van der Waals surface area contributed by atoms with E-state index >= 15 is 0 Å². The van der Waals surface area contributed by atoms with Crippen LogP contribution in [-0.2, 0) is 4.79 Å². The zero-order chi connectivity index (χ0) is 22.1. The molecule has 1 aliphatic heterocycles. The number of aromatic nitrogens is 5. The van der Waals surface area contributed by atoms with Gasteiger partial charge in [0.25, 0.3) is 5.95 Å². The molecule has 8 heteroatoms. The first-order chi connectivity index (χ1) is 15.6. The maximum Gasteiger partial charge on any atom is 0.272 e. The van der Waals surface area contributed by atoms with E-state index in [2.05, 4.69) is 25.6 Å². The van der Waals surface area contributed by atoms with Crippen LogP contribution in [0.3, 0.4) is 0 Å². The molecule has 0 aliphatic carbocycles. The lowest BCUT2D eigenvalue weighted by atomic mass is 9.86. The van der Waals surface area contributed by atoms with E-state index < -0.39 is 0 Å². The second kappa shape index (κ2) is 8.22. The highest BCUT2D eigenvalue weighted by molar-refractivity contribution is 5.95. The van der Waals surface area contributed by atoms with Gasteiger partial charge in [-0.2, -0.15) is 14.9 Å². The highest BCUT2D eigenvalue weighted by Crippen LogP contribution is 2.40. The lowest BCUT2D eigenvalue weighted by Gasteiger charge is -2.24. The van der Waals surface area contributed by atoms with Gasteiger partial charge in [0, 0.05) is 23.5 Å². The van der Waals surface area contributed by atoms with E-state index in [1.807, 2.05) is 68.4 Å². The van der Waals surface area contributed by atoms with Gasteiger partial charge < -0.3 is 10.1 Å². The predicted molar refractivity (Wildman–Crippen MR) is 120 cm³/mol. The van der Waals surface area contributed by atoms with Crippen LogP contribution in [0.2, 0.25) is 0 Å². The number of ether oxygens (including phenoxy) is 1. The van der Waals surface area contributed by atoms with Crippen LogP contribution in [0.25, 0.3) is 17.2 Å². The monoisotopic (exact) mass is 426 g/mol. The van der Waals surface area contributed by atoms with Gasteiger partial charge in [0.15, 0.2) is 0 Å². The summed E-state index contributed by atoms with van der Waals surface area (Å²) in [5, 5.41) is 15.9. The van der Waals surface area contributed by atoms with Crippen LogP contribution in [0, 0.1) is 6.92 Å². The molecule has 32 heavy (non-hydrogen) atoms. The lowest BCUT2D eigenvalue weighted by molar-refractivity contribution is -0.116. The average Bonchev–Trinajstić information content (AvgIpc) is 3.16. The van der Waals surface area contributed by atoms with Crippen molar-refractivity contribution in [1.29, 1.82) is 0 Å². The first-order valence-corrected chi connectivity index (χ1v) is 10.5. The van der Waals surface area contributed by atoms with E-state index in [4.69, 9.17) is 4.74 Å². The van der Waals surface area contributed by atoms with Crippen molar-refractivity contribution < 1.29 is 9.53 Å². The van der Waals surface area contributed by atoms with Gasteiger partial charge in [0.05, 0.1) is 24.2 Å². The Bertz CT molecular complexity index is 1270. The van der Waals surface area contributed by atoms with Crippen molar-refractivity contribution >= 4 is 11.7 Å². The second-order valence-electron chi connectivity index (χ2n) is 7.57. The van der Waals surface area contributed by atoms with Crippen molar-refractivity contribution in [2.75, 3.05) is 11.9 Å². The fourth-order valence-electron chi connectivity index (χ4n) is 4.07. The third kappa shape index (κ3) is 3.60. The molecule has 4 aromatic rings. The summed E-state index contributed by atoms with van der Waals surface area (Å²) in [6.07, 6.45) is 1.96. The Morgan fingerprint density at radius 2 is 1.91 bits per heavy atom. The number of aryl methyl sites for hydroxylation is 1. The minimum absolute atomic E-state index is 0.0790. The Balaban J connectivity index is 1.57. The van der Waals surface area contributed by atoms with Gasteiger partial charge in [0.1, 0.15) is 11.6 Å². The Kier molecular flexibility index (Phi) is 5.10. The fourth-order valence-corrected chi connectivity index (χ4v) is 4.07. The van der Waals surface area contributed by atoms with Crippen LogP contribution in [-0.4, -0.2) is 37.5 Å². The van der Waals surface area contributed by atoms with Crippen molar-refractivity contribution in [2.24, 2.45) is 0 Å². The third-order valence-corrected chi connectivity index (χ3v) is 5.50. The summed E-state index contributed by atoms with van der Waals surface area (Å²) >= 11 is 0. The Morgan fingerprint density at radius 1 is 1.12 bits per heavy atom. The van der Waals surface area contributed by atoms with Crippen molar-refractivity contribution in [2.45, 2.75) is 26.2 Å². The lowest BCUT2D eigenvalue weighted by Crippen LogP contribution is -2.25. The minimum atomic E-state index is -0.117. The van der Waals surface area contributed by atoms with E-state index in [9.17, 15) is 4.79 Å². The molecular weight excluding hydrogens is 404 g/mol. The summed E-state index contributed by atoms with van der Waals surface area (Å²) < 4.78 is 7.13. The summed E-state index contributed by atoms with van der Waals surface area (Å²) in [6.45, 7) is 4.49. The second-order valence-corrected chi connectivity index (χ2v) is 7.57. The van der Waals surface area contributed by atoms with Crippen LogP contribution in [0.5, 0.6) is 5.75 Å². The molecular formula is C24H22N6O2. The molecule has 2 aromatic heterocycles. The molecule has 0 bridgehead atoms. The predicted octanol–water partition coefficient (Wildman–Crippen LogP) is 3.91. The number of nitrogens with one attached hydrogen (secondary N) is 1. The number of benzene rings is 2. The normalized spacial score (nSPS) is 15.2. The standard InChI is InChI=1S/C24H22N6O2/c1-3-32-18-11-9-16(10-12-18)19-13-21(31)27-23-22(19)15(2)29-30(23)24-26-20(14-25-28-24)17-7-5-4-6-8-17/h4-12,14,19H,3,13H2,1-2H3,(H,27,31). The molecule has 0 radical (unpaired) electrons. The number of nitrogens with zero attached hydrogens (tertiary/aromatic N) is 5. The zero-order valence-electron chi connectivity index (χ0n) is 17.8. The number of hydrogen-bond acceptors (Lipinski definition) is 6. The van der Waals surface area contributed by atoms with E-state index in [1.165, 1.54) is 0 Å². The van der Waals surface area contributed by atoms with Gasteiger partial charge in [-0.15, -0.1) is 5.10 Å². The van der Waals surface area contributed by atoms with Crippen LogP contribution in [0.4, 0.5) is 5.82 Å². The van der Waals surface area contributed by atoms with E-state index in [1.54, 1.807) is 10.9 Å². The number of rotatable bonds is 5. The molecule has 160 valence electrons. The summed E-state index contributed by atoms with van der Waals surface area (Å²) in [6, 6.07) is 17.6. The zero-order valence-corrected chi connectivity index (χ0v) is 17.8. The van der Waals surface area contributed by atoms with E-state index in [0.29, 0.717) is 30.5 Å². The molecule has 1 N–H and O–H groups in total. The van der Waals surface area contributed by atoms with Gasteiger partial charge in [-0.3, -0.25) is 4.79 Å². The van der Waals surface area contributed by atoms with Gasteiger partial charge in [0.2, 0.25) is 5.91 Å². The van der Waals surface area contributed by atoms with E-state index in [0.717, 1.165) is 28.1 Å². The smallest absolute Gasteiger partial charge is 0.272 e. The largest absolute Gasteiger partial charge is 0.494 e. The van der Waals surface area contributed by atoms with Crippen molar-refractivity contribution in [1.82, 2.24) is 25.0 Å². The molecule has 8 nitrogen and oxygen atoms in total. The molecule has 0 saturated carbocycles. The molecule has 5 rings (SSSR count). The van der Waals surface area contributed by atoms with Gasteiger partial charge in [-0.05, 0) is 31.5 Å². The maximum absolute atomic E-state index is 12.6. The SMILES string of the molecule is CCOc1ccc(C2CC(=O)Nc3c2c(C)nn3-c2nncc(-c3ccccc3)n2)cc1. The Labute approximate surface area is 185 Å². The van der Waals surface area contributed by atoms with Gasteiger partial charge in [-0.25, -0.2) is 4.98 Å². The molecule has 1 amide bonds. The van der Waals surface area contributed by atoms with Crippen molar-refractivity contribution in [3.05, 3.63) is 77.6 Å². The molecule has 3 heterocycles. The number of fused-ring (bicyclic) bond motifs is 1. The summed E-state index contributed by atoms with van der Waals surface area (Å²) in [4.78, 5) is 17.3. The first kappa shape index (κ1) is 19.9. The number of amides is 1. The van der Waals surface area contributed by atoms with Crippen molar-refractivity contribution in [3.63, 3.8) is 0 Å². The molecule has 1 aliphatic rings. The molecule has 1 unspecified atom stereocenters. The third-order valence-electron chi connectivity index (χ3n) is 5.50. The minimum Gasteiger partial charge on any atom is -0.494 e. The molecule has 1 atom stereocenters. The van der Waals surface area contributed by atoms with E-state index in [-0.39, 0.29) is 11.8 Å². The van der Waals surface area contributed by atoms with Gasteiger partial charge >= 0.3 is 0 Å². The van der Waals surface area contributed by atoms with Gasteiger partial charge in [-0.1, -0.05) is 42.5 Å². The quantitative estimate of drug-likeness (QED) is 0.520. The van der Waals surface area contributed by atoms with Crippen molar-refractivity contribution in [3.8, 4) is 23.0 Å². The number of carbonyl (C=O) groups is 1. The average molecular weight is 426 g/mol. The summed E-state index contributed by atoms with van der Waals surface area (Å²) in [5.74, 6) is 1.51. The summed E-state index contributed by atoms with van der Waals surface area (Å²) in [5.41, 5.74) is 4.42. The number of hydrogen-bond donors (Lipinski definition) is 1. The number of anilines is 1. The highest BCUT2D eigenvalue weighted by atomic mass is 16.5. The molecule has 0 spiro atoms. The highest BCUT2D eigenvalue weighted by Gasteiger charge is 2.33. The number of carbonyl (C=O) groups excluding carboxylic acids is 1. The maximum atomic E-state index is 12.6. The van der Waals surface area contributed by atoms with Crippen LogP contribution in [0.1, 0.15) is 36.1 Å². The molecule has 0 saturated heterocycles.